The topological polar surface area (TPSA) is 67.6 Å². The summed E-state index contributed by atoms with van der Waals surface area (Å²) in [5, 5.41) is 2.71. The van der Waals surface area contributed by atoms with E-state index in [1.54, 1.807) is 6.07 Å². The average molecular weight is 295 g/mol. The predicted octanol–water partition coefficient (Wildman–Crippen LogP) is 1.02. The lowest BCUT2D eigenvalue weighted by atomic mass is 10.1. The van der Waals surface area contributed by atoms with E-state index in [1.807, 2.05) is 17.9 Å². The molecular formula is C15H22FN3O2. The fourth-order valence-electron chi connectivity index (χ4n) is 2.23. The Balaban J connectivity index is 1.97. The van der Waals surface area contributed by atoms with Crippen molar-refractivity contribution in [1.82, 2.24) is 5.32 Å². The highest BCUT2D eigenvalue weighted by Gasteiger charge is 2.16. The molecule has 0 bridgehead atoms. The zero-order valence-corrected chi connectivity index (χ0v) is 12.3. The lowest BCUT2D eigenvalue weighted by molar-refractivity contribution is -0.122. The fourth-order valence-corrected chi connectivity index (χ4v) is 2.23. The van der Waals surface area contributed by atoms with Crippen molar-refractivity contribution in [1.29, 1.82) is 0 Å². The minimum absolute atomic E-state index is 0.213. The first-order valence-corrected chi connectivity index (χ1v) is 7.26. The van der Waals surface area contributed by atoms with E-state index in [0.717, 1.165) is 5.56 Å². The minimum Gasteiger partial charge on any atom is -0.378 e. The third-order valence-corrected chi connectivity index (χ3v) is 3.61. The molecule has 3 N–H and O–H groups in total. The number of amides is 1. The van der Waals surface area contributed by atoms with Gasteiger partial charge in [0, 0.05) is 19.6 Å². The van der Waals surface area contributed by atoms with Crippen molar-refractivity contribution in [3.05, 3.63) is 29.6 Å². The molecular weight excluding hydrogens is 273 g/mol. The van der Waals surface area contributed by atoms with Crippen LogP contribution in [0.1, 0.15) is 18.9 Å². The number of hydrogen-bond donors (Lipinski definition) is 2. The van der Waals surface area contributed by atoms with Gasteiger partial charge in [-0.25, -0.2) is 4.39 Å². The van der Waals surface area contributed by atoms with Gasteiger partial charge in [0.15, 0.2) is 0 Å². The molecule has 2 rings (SSSR count). The van der Waals surface area contributed by atoms with E-state index in [1.165, 1.54) is 6.07 Å². The first-order valence-electron chi connectivity index (χ1n) is 7.26. The highest BCUT2D eigenvalue weighted by Crippen LogP contribution is 2.21. The summed E-state index contributed by atoms with van der Waals surface area (Å²) >= 11 is 0. The molecule has 0 aliphatic carbocycles. The molecule has 5 nitrogen and oxygen atoms in total. The summed E-state index contributed by atoms with van der Waals surface area (Å²) in [4.78, 5) is 13.6. The summed E-state index contributed by atoms with van der Waals surface area (Å²) in [6.45, 7) is 4.75. The molecule has 0 radical (unpaired) electrons. The van der Waals surface area contributed by atoms with Crippen LogP contribution in [0, 0.1) is 5.82 Å². The molecule has 1 aliphatic heterocycles. The first-order chi connectivity index (χ1) is 10.1. The molecule has 6 heteroatoms. The normalized spacial score (nSPS) is 16.6. The molecule has 1 unspecified atom stereocenters. The molecule has 1 amide bonds. The lowest BCUT2D eigenvalue weighted by Crippen LogP contribution is -2.39. The number of carbonyl (C=O) groups excluding carboxylic acids is 1. The molecule has 0 spiro atoms. The number of benzene rings is 1. The SMILES string of the molecule is CCC(N)C(=O)NCc1ccc(N2CCOCC2)c(F)c1. The second kappa shape index (κ2) is 7.38. The molecule has 1 atom stereocenters. The number of halogens is 1. The number of ether oxygens (including phenoxy) is 1. The highest BCUT2D eigenvalue weighted by molar-refractivity contribution is 5.81. The fraction of sp³-hybridized carbons (Fsp3) is 0.533. The van der Waals surface area contributed by atoms with Gasteiger partial charge in [0.25, 0.3) is 0 Å². The maximum absolute atomic E-state index is 14.2. The summed E-state index contributed by atoms with van der Waals surface area (Å²) in [5.41, 5.74) is 6.93. The van der Waals surface area contributed by atoms with Crippen LogP contribution in [0.25, 0.3) is 0 Å². The van der Waals surface area contributed by atoms with Crippen LogP contribution in [0.3, 0.4) is 0 Å². The second-order valence-corrected chi connectivity index (χ2v) is 5.12. The van der Waals surface area contributed by atoms with E-state index in [2.05, 4.69) is 5.32 Å². The molecule has 1 aliphatic rings. The molecule has 1 fully saturated rings. The van der Waals surface area contributed by atoms with Gasteiger partial charge in [0.05, 0.1) is 24.9 Å². The second-order valence-electron chi connectivity index (χ2n) is 5.12. The molecule has 0 aromatic heterocycles. The molecule has 116 valence electrons. The number of anilines is 1. The van der Waals surface area contributed by atoms with Gasteiger partial charge in [-0.2, -0.15) is 0 Å². The van der Waals surface area contributed by atoms with Crippen LogP contribution in [-0.2, 0) is 16.1 Å². The van der Waals surface area contributed by atoms with Gasteiger partial charge in [-0.05, 0) is 24.1 Å². The van der Waals surface area contributed by atoms with Crippen LogP contribution in [-0.4, -0.2) is 38.3 Å². The van der Waals surface area contributed by atoms with Crippen molar-refractivity contribution in [2.75, 3.05) is 31.2 Å². The molecule has 1 aromatic carbocycles. The zero-order chi connectivity index (χ0) is 15.2. The third-order valence-electron chi connectivity index (χ3n) is 3.61. The van der Waals surface area contributed by atoms with Gasteiger partial charge in [-0.3, -0.25) is 4.79 Å². The minimum atomic E-state index is -0.512. The van der Waals surface area contributed by atoms with Crippen molar-refractivity contribution >= 4 is 11.6 Å². The summed E-state index contributed by atoms with van der Waals surface area (Å²) in [5.74, 6) is -0.487. The van der Waals surface area contributed by atoms with Gasteiger partial charge in [-0.1, -0.05) is 13.0 Å². The van der Waals surface area contributed by atoms with Gasteiger partial charge in [0.1, 0.15) is 5.82 Å². The summed E-state index contributed by atoms with van der Waals surface area (Å²) < 4.78 is 19.4. The Morgan fingerprint density at radius 3 is 2.81 bits per heavy atom. The van der Waals surface area contributed by atoms with Crippen LogP contribution < -0.4 is 16.0 Å². The van der Waals surface area contributed by atoms with E-state index >= 15 is 0 Å². The molecule has 21 heavy (non-hydrogen) atoms. The van der Waals surface area contributed by atoms with Crippen molar-refractivity contribution in [3.8, 4) is 0 Å². The third kappa shape index (κ3) is 4.15. The summed E-state index contributed by atoms with van der Waals surface area (Å²) in [7, 11) is 0. The van der Waals surface area contributed by atoms with E-state index < -0.39 is 6.04 Å². The molecule has 1 aromatic rings. The number of nitrogens with two attached hydrogens (primary N) is 1. The quantitative estimate of drug-likeness (QED) is 0.851. The van der Waals surface area contributed by atoms with E-state index in [9.17, 15) is 9.18 Å². The van der Waals surface area contributed by atoms with Crippen molar-refractivity contribution in [3.63, 3.8) is 0 Å². The van der Waals surface area contributed by atoms with E-state index in [-0.39, 0.29) is 18.3 Å². The molecule has 1 saturated heterocycles. The summed E-state index contributed by atoms with van der Waals surface area (Å²) in [6.07, 6.45) is 0.580. The molecule has 1 heterocycles. The Morgan fingerprint density at radius 2 is 2.19 bits per heavy atom. The first kappa shape index (κ1) is 15.7. The maximum Gasteiger partial charge on any atom is 0.237 e. The number of rotatable bonds is 5. The number of morpholine rings is 1. The number of nitrogens with zero attached hydrogens (tertiary/aromatic N) is 1. The maximum atomic E-state index is 14.2. The Labute approximate surface area is 124 Å². The zero-order valence-electron chi connectivity index (χ0n) is 12.3. The Morgan fingerprint density at radius 1 is 1.48 bits per heavy atom. The van der Waals surface area contributed by atoms with Gasteiger partial charge >= 0.3 is 0 Å². The van der Waals surface area contributed by atoms with Crippen LogP contribution in [0.2, 0.25) is 0 Å². The number of hydrogen-bond acceptors (Lipinski definition) is 4. The average Bonchev–Trinajstić information content (AvgIpc) is 2.52. The van der Waals surface area contributed by atoms with Gasteiger partial charge in [0.2, 0.25) is 5.91 Å². The van der Waals surface area contributed by atoms with Crippen LogP contribution >= 0.6 is 0 Å². The smallest absolute Gasteiger partial charge is 0.237 e. The Hall–Kier alpha value is -1.66. The van der Waals surface area contributed by atoms with Crippen molar-refractivity contribution in [2.24, 2.45) is 5.73 Å². The number of carbonyl (C=O) groups is 1. The van der Waals surface area contributed by atoms with Crippen LogP contribution in [0.15, 0.2) is 18.2 Å². The lowest BCUT2D eigenvalue weighted by Gasteiger charge is -2.29. The molecule has 0 saturated carbocycles. The van der Waals surface area contributed by atoms with Crippen molar-refractivity contribution < 1.29 is 13.9 Å². The Bertz CT molecular complexity index is 490. The summed E-state index contributed by atoms with van der Waals surface area (Å²) in [6, 6.07) is 4.53. The van der Waals surface area contributed by atoms with Gasteiger partial charge in [-0.15, -0.1) is 0 Å². The van der Waals surface area contributed by atoms with E-state index in [0.29, 0.717) is 38.4 Å². The van der Waals surface area contributed by atoms with E-state index in [4.69, 9.17) is 10.5 Å². The van der Waals surface area contributed by atoms with Crippen molar-refractivity contribution in [2.45, 2.75) is 25.9 Å². The van der Waals surface area contributed by atoms with Gasteiger partial charge < -0.3 is 20.7 Å². The standard InChI is InChI=1S/C15H22FN3O2/c1-2-13(17)15(20)18-10-11-3-4-14(12(16)9-11)19-5-7-21-8-6-19/h3-4,9,13H,2,5-8,10,17H2,1H3,(H,18,20). The largest absolute Gasteiger partial charge is 0.378 e. The highest BCUT2D eigenvalue weighted by atomic mass is 19.1. The van der Waals surface area contributed by atoms with Crippen LogP contribution in [0.4, 0.5) is 10.1 Å². The number of nitrogens with one attached hydrogen (secondary N) is 1. The predicted molar refractivity (Wildman–Crippen MR) is 79.5 cm³/mol. The van der Waals surface area contributed by atoms with Crippen LogP contribution in [0.5, 0.6) is 0 Å². The monoisotopic (exact) mass is 295 g/mol. The Kier molecular flexibility index (Phi) is 5.52.